The van der Waals surface area contributed by atoms with Crippen LogP contribution in [0.3, 0.4) is 0 Å². The van der Waals surface area contributed by atoms with Gasteiger partial charge in [0.25, 0.3) is 11.8 Å². The van der Waals surface area contributed by atoms with Gasteiger partial charge < -0.3 is 16.0 Å². The molecule has 2 aliphatic rings. The maximum atomic E-state index is 13.3. The minimum atomic E-state index is -0.825. The van der Waals surface area contributed by atoms with Crippen LogP contribution in [-0.4, -0.2) is 45.9 Å². The van der Waals surface area contributed by atoms with Crippen molar-refractivity contribution in [1.82, 2.24) is 20.5 Å². The first kappa shape index (κ1) is 26.2. The van der Waals surface area contributed by atoms with E-state index in [9.17, 15) is 14.4 Å². The second kappa shape index (κ2) is 10.7. The fraction of sp³-hybridized carbons (Fsp3) is 0.448. The molecule has 0 bridgehead atoms. The molecular weight excluding hydrogens is 498 g/mol. The number of hydrogen-bond acceptors (Lipinski definition) is 6. The molecule has 1 aliphatic carbocycles. The third kappa shape index (κ3) is 5.12. The van der Waals surface area contributed by atoms with E-state index in [1.165, 1.54) is 16.2 Å². The molecule has 3 N–H and O–H groups in total. The third-order valence-corrected chi connectivity index (χ3v) is 8.82. The Labute approximate surface area is 227 Å². The van der Waals surface area contributed by atoms with Gasteiger partial charge in [-0.1, -0.05) is 32.0 Å². The maximum absolute atomic E-state index is 13.3. The van der Waals surface area contributed by atoms with Gasteiger partial charge in [0.2, 0.25) is 0 Å². The highest BCUT2D eigenvalue weighted by Gasteiger charge is 2.52. The van der Waals surface area contributed by atoms with Crippen LogP contribution in [0.25, 0.3) is 10.9 Å². The van der Waals surface area contributed by atoms with Crippen LogP contribution < -0.4 is 16.0 Å². The molecule has 0 radical (unpaired) electrons. The zero-order valence-corrected chi connectivity index (χ0v) is 23.0. The topological polar surface area (TPSA) is 103 Å². The molecule has 1 aliphatic heterocycles. The fourth-order valence-corrected chi connectivity index (χ4v) is 6.36. The molecule has 1 aromatic carbocycles. The van der Waals surface area contributed by atoms with E-state index in [1.807, 2.05) is 42.8 Å². The number of nitrogens with one attached hydrogen (secondary N) is 3. The van der Waals surface area contributed by atoms with Gasteiger partial charge in [-0.15, -0.1) is 11.3 Å². The van der Waals surface area contributed by atoms with Crippen molar-refractivity contribution in [3.8, 4) is 0 Å². The van der Waals surface area contributed by atoms with Crippen LogP contribution >= 0.6 is 11.3 Å². The molecule has 3 aromatic rings. The Bertz CT molecular complexity index is 1350. The summed E-state index contributed by atoms with van der Waals surface area (Å²) < 4.78 is 0. The molecule has 1 saturated heterocycles. The number of amides is 4. The zero-order chi connectivity index (χ0) is 26.9. The van der Waals surface area contributed by atoms with E-state index in [0.29, 0.717) is 49.6 Å². The average Bonchev–Trinajstić information content (AvgIpc) is 3.38. The molecule has 4 amide bonds. The van der Waals surface area contributed by atoms with Gasteiger partial charge in [-0.3, -0.25) is 19.5 Å². The molecule has 2 aromatic heterocycles. The van der Waals surface area contributed by atoms with Crippen LogP contribution in [0.2, 0.25) is 0 Å². The van der Waals surface area contributed by atoms with Gasteiger partial charge in [0.1, 0.15) is 10.4 Å². The Balaban J connectivity index is 1.20. The lowest BCUT2D eigenvalue weighted by Gasteiger charge is -2.35. The molecule has 1 spiro atoms. The Hall–Kier alpha value is -3.46. The molecular formula is C29H35N5O3S. The molecule has 0 atom stereocenters. The molecule has 3 heterocycles. The van der Waals surface area contributed by atoms with Crippen LogP contribution in [0.5, 0.6) is 0 Å². The number of urea groups is 1. The van der Waals surface area contributed by atoms with Crippen molar-refractivity contribution < 1.29 is 14.4 Å². The Morgan fingerprint density at radius 2 is 1.97 bits per heavy atom. The quantitative estimate of drug-likeness (QED) is 0.344. The number of rotatable bonds is 8. The number of fused-ring (bicyclic) bond motifs is 1. The number of aromatic nitrogens is 1. The van der Waals surface area contributed by atoms with Gasteiger partial charge >= 0.3 is 6.03 Å². The summed E-state index contributed by atoms with van der Waals surface area (Å²) in [5.74, 6) is 0.200. The van der Waals surface area contributed by atoms with E-state index >= 15 is 0 Å². The largest absolute Gasteiger partial charge is 0.379 e. The van der Waals surface area contributed by atoms with E-state index in [2.05, 4.69) is 40.8 Å². The number of thiophene rings is 1. The van der Waals surface area contributed by atoms with Crippen molar-refractivity contribution in [2.75, 3.05) is 11.9 Å². The molecule has 200 valence electrons. The number of benzene rings is 1. The summed E-state index contributed by atoms with van der Waals surface area (Å²) in [6.45, 7) is 7.21. The number of anilines is 1. The molecule has 5 rings (SSSR count). The molecule has 9 heteroatoms. The number of aryl methyl sites for hydroxylation is 1. The highest BCUT2D eigenvalue weighted by atomic mass is 32.1. The van der Waals surface area contributed by atoms with Crippen molar-refractivity contribution in [3.05, 3.63) is 57.9 Å². The Morgan fingerprint density at radius 3 is 2.74 bits per heavy atom. The number of imide groups is 1. The summed E-state index contributed by atoms with van der Waals surface area (Å²) in [4.78, 5) is 45.4. The molecule has 38 heavy (non-hydrogen) atoms. The van der Waals surface area contributed by atoms with Crippen molar-refractivity contribution >= 4 is 45.8 Å². The summed E-state index contributed by atoms with van der Waals surface area (Å²) in [7, 11) is 0. The second-order valence-electron chi connectivity index (χ2n) is 10.9. The van der Waals surface area contributed by atoms with Gasteiger partial charge in [-0.25, -0.2) is 4.79 Å². The van der Waals surface area contributed by atoms with Crippen LogP contribution in [0.1, 0.15) is 66.8 Å². The number of carbonyl (C=O) groups excluding carboxylic acids is 3. The Kier molecular flexibility index (Phi) is 7.38. The highest BCUT2D eigenvalue weighted by Crippen LogP contribution is 2.35. The maximum Gasteiger partial charge on any atom is 0.325 e. The highest BCUT2D eigenvalue weighted by molar-refractivity contribution is 7.12. The number of pyridine rings is 1. The van der Waals surface area contributed by atoms with Crippen molar-refractivity contribution in [2.24, 2.45) is 5.92 Å². The first-order valence-electron chi connectivity index (χ1n) is 13.4. The minimum absolute atomic E-state index is 0.0399. The number of carbonyl (C=O) groups is 3. The van der Waals surface area contributed by atoms with Crippen LogP contribution in [-0.2, 0) is 11.3 Å². The normalized spacial score (nSPS) is 21.4. The van der Waals surface area contributed by atoms with Gasteiger partial charge in [0.15, 0.2) is 0 Å². The number of hydrogen-bond donors (Lipinski definition) is 3. The molecule has 8 nitrogen and oxygen atoms in total. The summed E-state index contributed by atoms with van der Waals surface area (Å²) >= 11 is 1.43. The fourth-order valence-electron chi connectivity index (χ4n) is 5.44. The van der Waals surface area contributed by atoms with Crippen LogP contribution in [0.15, 0.2) is 41.9 Å². The van der Waals surface area contributed by atoms with Crippen molar-refractivity contribution in [3.63, 3.8) is 0 Å². The monoisotopic (exact) mass is 533 g/mol. The van der Waals surface area contributed by atoms with Gasteiger partial charge in [-0.05, 0) is 73.6 Å². The average molecular weight is 534 g/mol. The van der Waals surface area contributed by atoms with E-state index < -0.39 is 5.54 Å². The lowest BCUT2D eigenvalue weighted by Crippen LogP contribution is -2.52. The molecule has 0 unspecified atom stereocenters. The first-order chi connectivity index (χ1) is 18.3. The van der Waals surface area contributed by atoms with E-state index in [-0.39, 0.29) is 23.9 Å². The SMILES string of the molecule is Cc1csc(C(=O)NC2CCC3(CC2)NC(=O)N(CCC(C)C)C3=O)c1NCc1ccnc2ccccc12. The van der Waals surface area contributed by atoms with Gasteiger partial charge in [0, 0.05) is 30.7 Å². The minimum Gasteiger partial charge on any atom is -0.379 e. The standard InChI is InChI=1S/C29H35N5O3S/c1-18(2)11-15-34-27(36)29(33-28(34)37)12-8-21(9-13-29)32-26(35)25-24(19(3)17-38-25)31-16-20-10-14-30-23-7-5-4-6-22(20)23/h4-7,10,14,17-18,21,31H,8-9,11-13,15-16H2,1-3H3,(H,32,35)(H,33,37). The third-order valence-electron chi connectivity index (χ3n) is 7.73. The predicted molar refractivity (Wildman–Crippen MR) is 150 cm³/mol. The smallest absolute Gasteiger partial charge is 0.325 e. The number of para-hydroxylation sites is 1. The second-order valence-corrected chi connectivity index (χ2v) is 11.7. The van der Waals surface area contributed by atoms with E-state index in [0.717, 1.165) is 34.1 Å². The summed E-state index contributed by atoms with van der Waals surface area (Å²) in [5, 5.41) is 12.7. The van der Waals surface area contributed by atoms with E-state index in [1.54, 1.807) is 0 Å². The lowest BCUT2D eigenvalue weighted by molar-refractivity contribution is -0.132. The lowest BCUT2D eigenvalue weighted by atomic mass is 9.79. The first-order valence-corrected chi connectivity index (χ1v) is 14.2. The Morgan fingerprint density at radius 1 is 1.21 bits per heavy atom. The summed E-state index contributed by atoms with van der Waals surface area (Å²) in [5.41, 5.74) is 3.12. The molecule has 2 fully saturated rings. The summed E-state index contributed by atoms with van der Waals surface area (Å²) in [6, 6.07) is 9.71. The predicted octanol–water partition coefficient (Wildman–Crippen LogP) is 5.23. The summed E-state index contributed by atoms with van der Waals surface area (Å²) in [6.07, 6.45) is 4.96. The van der Waals surface area contributed by atoms with Crippen LogP contribution in [0, 0.1) is 12.8 Å². The van der Waals surface area contributed by atoms with Crippen molar-refractivity contribution in [1.29, 1.82) is 0 Å². The number of nitrogens with zero attached hydrogens (tertiary/aromatic N) is 2. The zero-order valence-electron chi connectivity index (χ0n) is 22.2. The van der Waals surface area contributed by atoms with Gasteiger partial charge in [0.05, 0.1) is 11.2 Å². The van der Waals surface area contributed by atoms with Gasteiger partial charge in [-0.2, -0.15) is 0 Å². The van der Waals surface area contributed by atoms with Crippen molar-refractivity contribution in [2.45, 2.75) is 71.0 Å². The molecule has 1 saturated carbocycles. The van der Waals surface area contributed by atoms with Crippen LogP contribution in [0.4, 0.5) is 10.5 Å². The van der Waals surface area contributed by atoms with E-state index in [4.69, 9.17) is 0 Å².